The van der Waals surface area contributed by atoms with Gasteiger partial charge in [-0.05, 0) is 0 Å². The SMILES string of the molecule is N#CS(=O)[O-]. The third-order valence-corrected chi connectivity index (χ3v) is 0.224. The molecule has 0 heterocycles. The molecule has 4 heteroatoms. The van der Waals surface area contributed by atoms with Crippen LogP contribution in [0.25, 0.3) is 0 Å². The largest absolute Gasteiger partial charge is 0.760 e. The Morgan fingerprint density at radius 1 is 2.00 bits per heavy atom. The minimum absolute atomic E-state index is 0.944. The summed E-state index contributed by atoms with van der Waals surface area (Å²) in [6.07, 6.45) is 0. The Balaban J connectivity index is 3.35. The minimum atomic E-state index is -2.52. The van der Waals surface area contributed by atoms with Crippen molar-refractivity contribution in [1.82, 2.24) is 0 Å². The van der Waals surface area contributed by atoms with Gasteiger partial charge in [-0.3, -0.25) is 4.21 Å². The van der Waals surface area contributed by atoms with Crippen molar-refractivity contribution in [2.75, 3.05) is 0 Å². The van der Waals surface area contributed by atoms with E-state index in [9.17, 15) is 0 Å². The Morgan fingerprint density at radius 3 is 2.20 bits per heavy atom. The van der Waals surface area contributed by atoms with E-state index in [4.69, 9.17) is 14.0 Å². The van der Waals surface area contributed by atoms with Gasteiger partial charge in [-0.15, -0.1) is 0 Å². The van der Waals surface area contributed by atoms with Gasteiger partial charge in [-0.25, -0.2) is 0 Å². The van der Waals surface area contributed by atoms with Gasteiger partial charge in [0.2, 0.25) is 0 Å². The molecule has 0 rings (SSSR count). The van der Waals surface area contributed by atoms with E-state index in [1.807, 2.05) is 0 Å². The first-order valence-corrected chi connectivity index (χ1v) is 1.84. The zero-order valence-corrected chi connectivity index (χ0v) is 2.99. The molecule has 0 aromatic heterocycles. The molecular weight excluding hydrogens is 90.1 g/mol. The van der Waals surface area contributed by atoms with Crippen molar-refractivity contribution in [2.24, 2.45) is 0 Å². The van der Waals surface area contributed by atoms with Crippen molar-refractivity contribution >= 4 is 11.1 Å². The van der Waals surface area contributed by atoms with Gasteiger partial charge in [0.1, 0.15) is 0 Å². The average molecular weight is 90.1 g/mol. The maximum absolute atomic E-state index is 9.01. The van der Waals surface area contributed by atoms with Gasteiger partial charge in [0.25, 0.3) is 0 Å². The van der Waals surface area contributed by atoms with Crippen LogP contribution in [0.1, 0.15) is 0 Å². The van der Waals surface area contributed by atoms with Gasteiger partial charge in [0.05, 0.1) is 11.1 Å². The van der Waals surface area contributed by atoms with Crippen LogP contribution in [0, 0.1) is 10.7 Å². The molecule has 28 valence electrons. The fraction of sp³-hybridized carbons (Fsp3) is 0. The number of rotatable bonds is 0. The molecule has 0 saturated heterocycles. The second-order valence-electron chi connectivity index (χ2n) is 0.326. The highest BCUT2D eigenvalue weighted by Gasteiger charge is 1.57. The van der Waals surface area contributed by atoms with Crippen LogP contribution in [-0.4, -0.2) is 8.76 Å². The smallest absolute Gasteiger partial charge is 0.151 e. The summed E-state index contributed by atoms with van der Waals surface area (Å²) in [4.78, 5) is 0. The summed E-state index contributed by atoms with van der Waals surface area (Å²) < 4.78 is 18.0. The van der Waals surface area contributed by atoms with Crippen molar-refractivity contribution in [2.45, 2.75) is 0 Å². The van der Waals surface area contributed by atoms with Crippen molar-refractivity contribution in [3.05, 3.63) is 0 Å². The van der Waals surface area contributed by atoms with E-state index in [0.717, 1.165) is 5.40 Å². The molecule has 0 aromatic carbocycles. The molecule has 0 amide bonds. The zero-order chi connectivity index (χ0) is 4.28. The predicted molar refractivity (Wildman–Crippen MR) is 14.5 cm³/mol. The summed E-state index contributed by atoms with van der Waals surface area (Å²) in [6.45, 7) is 0. The van der Waals surface area contributed by atoms with Crippen LogP contribution < -0.4 is 0 Å². The van der Waals surface area contributed by atoms with Crippen molar-refractivity contribution in [3.63, 3.8) is 0 Å². The second-order valence-corrected chi connectivity index (χ2v) is 0.978. The number of thiocyanates is 1. The van der Waals surface area contributed by atoms with E-state index >= 15 is 0 Å². The highest BCUT2D eigenvalue weighted by Crippen LogP contribution is 1.55. The third-order valence-electron chi connectivity index (χ3n) is 0.0745. The highest BCUT2D eigenvalue weighted by atomic mass is 32.2. The molecule has 0 spiro atoms. The molecule has 5 heavy (non-hydrogen) atoms. The van der Waals surface area contributed by atoms with Crippen LogP contribution in [0.3, 0.4) is 0 Å². The molecule has 0 aliphatic carbocycles. The number of hydrogen-bond donors (Lipinski definition) is 0. The Hall–Kier alpha value is -0.400. The number of nitrogens with zero attached hydrogens (tertiary/aromatic N) is 1. The molecular formula is CNO2S-. The topological polar surface area (TPSA) is 63.9 Å². The molecule has 0 fully saturated rings. The van der Waals surface area contributed by atoms with E-state index in [1.54, 1.807) is 0 Å². The maximum Gasteiger partial charge on any atom is 0.151 e. The van der Waals surface area contributed by atoms with Crippen LogP contribution in [-0.2, 0) is 11.1 Å². The number of nitriles is 1. The van der Waals surface area contributed by atoms with Gasteiger partial charge < -0.3 is 4.55 Å². The molecule has 0 aromatic rings. The maximum atomic E-state index is 9.01. The fourth-order valence-electron chi connectivity index (χ4n) is 0. The summed E-state index contributed by atoms with van der Waals surface area (Å²) in [5, 5.41) is 8.23. The quantitative estimate of drug-likeness (QED) is 0.293. The van der Waals surface area contributed by atoms with Gasteiger partial charge in [-0.1, -0.05) is 0 Å². The summed E-state index contributed by atoms with van der Waals surface area (Å²) in [5.74, 6) is 0. The summed E-state index contributed by atoms with van der Waals surface area (Å²) >= 11 is -2.52. The van der Waals surface area contributed by atoms with Crippen LogP contribution in [0.4, 0.5) is 0 Å². The van der Waals surface area contributed by atoms with Crippen molar-refractivity contribution in [1.29, 1.82) is 5.26 Å². The minimum Gasteiger partial charge on any atom is -0.760 e. The van der Waals surface area contributed by atoms with Gasteiger partial charge >= 0.3 is 0 Å². The summed E-state index contributed by atoms with van der Waals surface area (Å²) in [6, 6.07) is 0. The number of hydrogen-bond acceptors (Lipinski definition) is 3. The molecule has 0 saturated carbocycles. The van der Waals surface area contributed by atoms with E-state index in [0.29, 0.717) is 0 Å². The predicted octanol–water partition coefficient (Wildman–Crippen LogP) is -0.653. The molecule has 1 unspecified atom stereocenters. The standard InChI is InChI=1S/CHNO2S/c2-1-5(3)4/h(H,3,4)/p-1. The van der Waals surface area contributed by atoms with E-state index in [-0.39, 0.29) is 0 Å². The first kappa shape index (κ1) is 4.60. The van der Waals surface area contributed by atoms with E-state index in [1.165, 1.54) is 0 Å². The third kappa shape index (κ3) is 3.60. The average Bonchev–Trinajstić information content (AvgIpc) is 1.38. The van der Waals surface area contributed by atoms with E-state index < -0.39 is 11.1 Å². The lowest BCUT2D eigenvalue weighted by molar-refractivity contribution is 0.547. The van der Waals surface area contributed by atoms with Crippen LogP contribution in [0.2, 0.25) is 0 Å². The Labute approximate surface area is 31.5 Å². The van der Waals surface area contributed by atoms with Gasteiger partial charge in [-0.2, -0.15) is 5.26 Å². The monoisotopic (exact) mass is 90.0 g/mol. The molecule has 0 aliphatic heterocycles. The first-order chi connectivity index (χ1) is 2.27. The molecule has 0 radical (unpaired) electrons. The zero-order valence-electron chi connectivity index (χ0n) is 2.17. The summed E-state index contributed by atoms with van der Waals surface area (Å²) in [7, 11) is 0. The Kier molecular flexibility index (Phi) is 1.73. The summed E-state index contributed by atoms with van der Waals surface area (Å²) in [5.41, 5.74) is 0. The van der Waals surface area contributed by atoms with Crippen molar-refractivity contribution < 1.29 is 8.76 Å². The van der Waals surface area contributed by atoms with Gasteiger partial charge in [0.15, 0.2) is 5.40 Å². The second kappa shape index (κ2) is 1.88. The molecule has 0 aliphatic rings. The Bertz CT molecular complexity index is 82.1. The lowest BCUT2D eigenvalue weighted by atomic mass is 11.8. The molecule has 1 atom stereocenters. The molecule has 3 nitrogen and oxygen atoms in total. The van der Waals surface area contributed by atoms with Crippen LogP contribution in [0.5, 0.6) is 0 Å². The van der Waals surface area contributed by atoms with Crippen LogP contribution >= 0.6 is 0 Å². The fourth-order valence-corrected chi connectivity index (χ4v) is 0. The Morgan fingerprint density at radius 2 is 2.20 bits per heavy atom. The van der Waals surface area contributed by atoms with Crippen LogP contribution in [0.15, 0.2) is 0 Å². The lowest BCUT2D eigenvalue weighted by Crippen LogP contribution is -1.73. The highest BCUT2D eigenvalue weighted by molar-refractivity contribution is 7.83. The molecule has 0 N–H and O–H groups in total. The first-order valence-electron chi connectivity index (χ1n) is 0.761. The normalized spacial score (nSPS) is 12.8. The van der Waals surface area contributed by atoms with E-state index in [2.05, 4.69) is 0 Å². The van der Waals surface area contributed by atoms with Gasteiger partial charge in [0, 0.05) is 0 Å². The molecule has 0 bridgehead atoms. The lowest BCUT2D eigenvalue weighted by Gasteiger charge is -1.80. The van der Waals surface area contributed by atoms with Crippen molar-refractivity contribution in [3.8, 4) is 5.40 Å².